The van der Waals surface area contributed by atoms with Gasteiger partial charge in [-0.3, -0.25) is 9.78 Å². The molecule has 9 nitrogen and oxygen atoms in total. The second-order valence-electron chi connectivity index (χ2n) is 8.85. The zero-order valence-electron chi connectivity index (χ0n) is 21.1. The molecule has 0 spiro atoms. The van der Waals surface area contributed by atoms with Gasteiger partial charge in [0.25, 0.3) is 5.91 Å². The summed E-state index contributed by atoms with van der Waals surface area (Å²) in [6, 6.07) is 20.2. The van der Waals surface area contributed by atoms with Crippen LogP contribution in [0.2, 0.25) is 0 Å². The molecule has 2 aromatic heterocycles. The summed E-state index contributed by atoms with van der Waals surface area (Å²) in [5, 5.41) is 6.06. The Bertz CT molecular complexity index is 1340. The number of nitrogens with zero attached hydrogens (tertiary/aromatic N) is 3. The molecular formula is C28H30N6O3. The van der Waals surface area contributed by atoms with Crippen LogP contribution in [0.25, 0.3) is 11.3 Å². The maximum Gasteiger partial charge on any atom is 0.255 e. The highest BCUT2D eigenvalue weighted by Gasteiger charge is 2.23. The Hall–Kier alpha value is -4.34. The number of nitrogen functional groups attached to an aromatic ring is 1. The predicted octanol–water partition coefficient (Wildman–Crippen LogP) is 4.84. The monoisotopic (exact) mass is 498 g/mol. The molecule has 0 atom stereocenters. The number of pyridine rings is 1. The number of ether oxygens (including phenoxy) is 2. The van der Waals surface area contributed by atoms with Crippen molar-refractivity contribution in [2.24, 2.45) is 0 Å². The minimum Gasteiger partial charge on any atom is -0.397 e. The van der Waals surface area contributed by atoms with Crippen molar-refractivity contribution in [3.8, 4) is 11.3 Å². The van der Waals surface area contributed by atoms with E-state index in [1.54, 1.807) is 43.8 Å². The number of anilines is 3. The largest absolute Gasteiger partial charge is 0.397 e. The lowest BCUT2D eigenvalue weighted by Gasteiger charge is -2.24. The van der Waals surface area contributed by atoms with Crippen molar-refractivity contribution in [1.29, 1.82) is 0 Å². The van der Waals surface area contributed by atoms with Crippen molar-refractivity contribution in [2.75, 3.05) is 30.3 Å². The van der Waals surface area contributed by atoms with Gasteiger partial charge in [0.2, 0.25) is 5.95 Å². The standard InChI is InChI=1S/C28H30N6O3/c1-28(2,37-18-36-3)25-13-12-21(17-31-25)23-14-15-30-27(34-23)32-16-19-8-10-20(11-9-19)26(35)33-24-7-5-4-6-22(24)29/h4-15,17H,16,18,29H2,1-3H3,(H,33,35)(H,30,32,34). The third-order valence-corrected chi connectivity index (χ3v) is 5.75. The van der Waals surface area contributed by atoms with Crippen molar-refractivity contribution in [3.05, 3.63) is 95.9 Å². The van der Waals surface area contributed by atoms with E-state index in [0.717, 1.165) is 22.5 Å². The van der Waals surface area contributed by atoms with E-state index >= 15 is 0 Å². The van der Waals surface area contributed by atoms with Crippen LogP contribution in [0.4, 0.5) is 17.3 Å². The average Bonchev–Trinajstić information content (AvgIpc) is 2.92. The van der Waals surface area contributed by atoms with E-state index in [0.29, 0.717) is 29.4 Å². The number of aromatic nitrogens is 3. The Morgan fingerprint density at radius 1 is 1.00 bits per heavy atom. The van der Waals surface area contributed by atoms with Crippen LogP contribution in [0, 0.1) is 0 Å². The number of para-hydroxylation sites is 2. The van der Waals surface area contributed by atoms with Crippen LogP contribution < -0.4 is 16.4 Å². The summed E-state index contributed by atoms with van der Waals surface area (Å²) < 4.78 is 10.7. The fourth-order valence-corrected chi connectivity index (χ4v) is 3.55. The molecule has 4 aromatic rings. The minimum absolute atomic E-state index is 0.191. The molecule has 9 heteroatoms. The van der Waals surface area contributed by atoms with E-state index in [4.69, 9.17) is 15.2 Å². The number of carbonyl (C=O) groups excluding carboxylic acids is 1. The topological polar surface area (TPSA) is 124 Å². The van der Waals surface area contributed by atoms with Gasteiger partial charge in [-0.2, -0.15) is 0 Å². The smallest absolute Gasteiger partial charge is 0.255 e. The van der Waals surface area contributed by atoms with E-state index < -0.39 is 5.60 Å². The number of benzene rings is 2. The first-order valence-electron chi connectivity index (χ1n) is 11.8. The van der Waals surface area contributed by atoms with Gasteiger partial charge in [0, 0.05) is 37.2 Å². The quantitative estimate of drug-likeness (QED) is 0.210. The highest BCUT2D eigenvalue weighted by molar-refractivity contribution is 6.05. The average molecular weight is 499 g/mol. The molecule has 0 aliphatic rings. The first-order valence-corrected chi connectivity index (χ1v) is 11.8. The first kappa shape index (κ1) is 25.7. The van der Waals surface area contributed by atoms with E-state index in [9.17, 15) is 4.79 Å². The number of hydrogen-bond acceptors (Lipinski definition) is 8. The Kier molecular flexibility index (Phi) is 8.07. The predicted molar refractivity (Wildman–Crippen MR) is 144 cm³/mol. The normalized spacial score (nSPS) is 11.2. The number of carbonyl (C=O) groups is 1. The summed E-state index contributed by atoms with van der Waals surface area (Å²) in [6.45, 7) is 4.58. The van der Waals surface area contributed by atoms with Gasteiger partial charge in [-0.15, -0.1) is 0 Å². The number of rotatable bonds is 10. The van der Waals surface area contributed by atoms with Crippen LogP contribution in [0.3, 0.4) is 0 Å². The summed E-state index contributed by atoms with van der Waals surface area (Å²) in [6.07, 6.45) is 3.47. The second kappa shape index (κ2) is 11.6. The summed E-state index contributed by atoms with van der Waals surface area (Å²) in [5.74, 6) is 0.272. The van der Waals surface area contributed by atoms with Gasteiger partial charge < -0.3 is 25.8 Å². The molecule has 4 rings (SSSR count). The summed E-state index contributed by atoms with van der Waals surface area (Å²) in [4.78, 5) is 26.0. The Labute approximate surface area is 216 Å². The molecular weight excluding hydrogens is 468 g/mol. The molecule has 190 valence electrons. The van der Waals surface area contributed by atoms with Gasteiger partial charge in [0.1, 0.15) is 12.4 Å². The van der Waals surface area contributed by atoms with Gasteiger partial charge in [0.15, 0.2) is 0 Å². The highest BCUT2D eigenvalue weighted by Crippen LogP contribution is 2.25. The number of amides is 1. The molecule has 1 amide bonds. The van der Waals surface area contributed by atoms with Crippen LogP contribution in [0.15, 0.2) is 79.1 Å². The summed E-state index contributed by atoms with van der Waals surface area (Å²) in [5.41, 5.74) is 10.4. The SMILES string of the molecule is COCOC(C)(C)c1ccc(-c2ccnc(NCc3ccc(C(=O)Nc4ccccc4N)cc3)n2)cn1. The lowest BCUT2D eigenvalue weighted by atomic mass is 10.0. The fourth-order valence-electron chi connectivity index (χ4n) is 3.55. The van der Waals surface area contributed by atoms with E-state index in [-0.39, 0.29) is 12.7 Å². The molecule has 0 aliphatic heterocycles. The van der Waals surface area contributed by atoms with Gasteiger partial charge >= 0.3 is 0 Å². The maximum absolute atomic E-state index is 12.5. The lowest BCUT2D eigenvalue weighted by molar-refractivity contribution is -0.120. The van der Waals surface area contributed by atoms with Crippen LogP contribution in [-0.4, -0.2) is 34.8 Å². The van der Waals surface area contributed by atoms with Gasteiger partial charge in [-0.25, -0.2) is 9.97 Å². The first-order chi connectivity index (χ1) is 17.9. The minimum atomic E-state index is -0.571. The molecule has 4 N–H and O–H groups in total. The summed E-state index contributed by atoms with van der Waals surface area (Å²) in [7, 11) is 1.59. The highest BCUT2D eigenvalue weighted by atomic mass is 16.7. The zero-order chi connectivity index (χ0) is 26.3. The number of nitrogens with two attached hydrogens (primary N) is 1. The van der Waals surface area contributed by atoms with E-state index in [2.05, 4.69) is 25.6 Å². The zero-order valence-corrected chi connectivity index (χ0v) is 21.1. The molecule has 0 bridgehead atoms. The third-order valence-electron chi connectivity index (χ3n) is 5.75. The number of hydrogen-bond donors (Lipinski definition) is 3. The molecule has 0 saturated heterocycles. The molecule has 0 aliphatic carbocycles. The van der Waals surface area contributed by atoms with Crippen LogP contribution in [0.5, 0.6) is 0 Å². The van der Waals surface area contributed by atoms with E-state index in [1.165, 1.54) is 0 Å². The van der Waals surface area contributed by atoms with Gasteiger partial charge in [-0.05, 0) is 61.9 Å². The van der Waals surface area contributed by atoms with Crippen LogP contribution in [-0.2, 0) is 21.6 Å². The molecule has 0 unspecified atom stereocenters. The molecule has 0 fully saturated rings. The maximum atomic E-state index is 12.5. The van der Waals surface area contributed by atoms with Crippen molar-refractivity contribution >= 4 is 23.2 Å². The van der Waals surface area contributed by atoms with E-state index in [1.807, 2.05) is 56.3 Å². The molecule has 0 saturated carbocycles. The second-order valence-corrected chi connectivity index (χ2v) is 8.85. The van der Waals surface area contributed by atoms with Gasteiger partial charge in [0.05, 0.1) is 22.8 Å². The number of nitrogens with one attached hydrogen (secondary N) is 2. The lowest BCUT2D eigenvalue weighted by Crippen LogP contribution is -2.24. The van der Waals surface area contributed by atoms with Crippen molar-refractivity contribution < 1.29 is 14.3 Å². The third kappa shape index (κ3) is 6.66. The Balaban J connectivity index is 1.37. The van der Waals surface area contributed by atoms with Crippen molar-refractivity contribution in [2.45, 2.75) is 26.0 Å². The van der Waals surface area contributed by atoms with Crippen LogP contribution in [0.1, 0.15) is 35.5 Å². The molecule has 2 aromatic carbocycles. The Morgan fingerprint density at radius 2 is 1.78 bits per heavy atom. The number of methoxy groups -OCH3 is 1. The Morgan fingerprint density at radius 3 is 2.49 bits per heavy atom. The van der Waals surface area contributed by atoms with Crippen LogP contribution >= 0.6 is 0 Å². The molecule has 37 heavy (non-hydrogen) atoms. The molecule has 0 radical (unpaired) electrons. The van der Waals surface area contributed by atoms with Crippen molar-refractivity contribution in [1.82, 2.24) is 15.0 Å². The summed E-state index contributed by atoms with van der Waals surface area (Å²) >= 11 is 0. The fraction of sp³-hybridized carbons (Fsp3) is 0.214. The van der Waals surface area contributed by atoms with Crippen molar-refractivity contribution in [3.63, 3.8) is 0 Å². The van der Waals surface area contributed by atoms with Gasteiger partial charge in [-0.1, -0.05) is 24.3 Å². The molecule has 2 heterocycles.